The molecule has 88 valence electrons. The number of rotatable bonds is 3. The van der Waals surface area contributed by atoms with E-state index in [2.05, 4.69) is 4.74 Å². The molecule has 1 aromatic heterocycles. The van der Waals surface area contributed by atoms with Crippen LogP contribution in [-0.4, -0.2) is 23.2 Å². The van der Waals surface area contributed by atoms with Crippen molar-refractivity contribution in [3.8, 4) is 5.75 Å². The van der Waals surface area contributed by atoms with Gasteiger partial charge in [0.1, 0.15) is 11.4 Å². The number of H-pyrrole nitrogens is 1. The number of alkyl halides is 2. The second-order valence-electron chi connectivity index (χ2n) is 2.97. The molecule has 7 heteroatoms. The molecule has 0 radical (unpaired) electrons. The lowest BCUT2D eigenvalue weighted by Crippen LogP contribution is -2.13. The molecule has 0 aliphatic heterocycles. The smallest absolute Gasteiger partial charge is 0.310 e. The summed E-state index contributed by atoms with van der Waals surface area (Å²) in [4.78, 5) is 23.7. The maximum absolute atomic E-state index is 12.4. The average molecular weight is 233 g/mol. The van der Waals surface area contributed by atoms with Crippen LogP contribution in [0.15, 0.2) is 10.9 Å². The Labute approximate surface area is 88.7 Å². The maximum atomic E-state index is 12.4. The van der Waals surface area contributed by atoms with Crippen molar-refractivity contribution in [1.29, 1.82) is 0 Å². The Kier molecular flexibility index (Phi) is 3.60. The molecule has 0 saturated carbocycles. The van der Waals surface area contributed by atoms with E-state index in [-0.39, 0.29) is 5.56 Å². The van der Waals surface area contributed by atoms with E-state index in [1.54, 1.807) is 4.98 Å². The summed E-state index contributed by atoms with van der Waals surface area (Å²) < 4.78 is 29.0. The molecule has 0 aliphatic carbocycles. The standard InChI is InChI=1S/C9H9F2NO4/c1-16-6(14)3-4-2-5(13)12-7(8(4)15)9(10)11/h2,9,15H,3H2,1H3,(H,12,13). The lowest BCUT2D eigenvalue weighted by atomic mass is 10.1. The van der Waals surface area contributed by atoms with Gasteiger partial charge in [-0.3, -0.25) is 9.59 Å². The predicted molar refractivity (Wildman–Crippen MR) is 49.4 cm³/mol. The van der Waals surface area contributed by atoms with E-state index in [4.69, 9.17) is 0 Å². The number of esters is 1. The third-order valence-electron chi connectivity index (χ3n) is 1.90. The molecule has 0 saturated heterocycles. The fourth-order valence-corrected chi connectivity index (χ4v) is 1.15. The van der Waals surface area contributed by atoms with Crippen molar-refractivity contribution in [3.05, 3.63) is 27.7 Å². The molecule has 5 nitrogen and oxygen atoms in total. The van der Waals surface area contributed by atoms with Gasteiger partial charge in [-0.05, 0) is 0 Å². The molecule has 1 aromatic rings. The highest BCUT2D eigenvalue weighted by Crippen LogP contribution is 2.27. The van der Waals surface area contributed by atoms with Gasteiger partial charge in [0.25, 0.3) is 6.43 Å². The third-order valence-corrected chi connectivity index (χ3v) is 1.90. The van der Waals surface area contributed by atoms with E-state index < -0.39 is 35.8 Å². The lowest BCUT2D eigenvalue weighted by molar-refractivity contribution is -0.139. The Balaban J connectivity index is 3.19. The fraction of sp³-hybridized carbons (Fsp3) is 0.333. The van der Waals surface area contributed by atoms with Crippen LogP contribution in [0.3, 0.4) is 0 Å². The Morgan fingerprint density at radius 2 is 2.25 bits per heavy atom. The normalized spacial score (nSPS) is 10.5. The number of hydrogen-bond acceptors (Lipinski definition) is 4. The van der Waals surface area contributed by atoms with Crippen LogP contribution in [0.5, 0.6) is 5.75 Å². The number of aromatic amines is 1. The summed E-state index contributed by atoms with van der Waals surface area (Å²) in [5.74, 6) is -1.53. The molecule has 2 N–H and O–H groups in total. The first-order valence-corrected chi connectivity index (χ1v) is 4.25. The van der Waals surface area contributed by atoms with Crippen LogP contribution in [0.2, 0.25) is 0 Å². The monoisotopic (exact) mass is 233 g/mol. The molecule has 0 spiro atoms. The number of hydrogen-bond donors (Lipinski definition) is 2. The second kappa shape index (κ2) is 4.73. The van der Waals surface area contributed by atoms with E-state index in [0.29, 0.717) is 0 Å². The van der Waals surface area contributed by atoms with Gasteiger partial charge in [0.15, 0.2) is 0 Å². The van der Waals surface area contributed by atoms with Gasteiger partial charge in [0.05, 0.1) is 13.5 Å². The van der Waals surface area contributed by atoms with Gasteiger partial charge in [-0.1, -0.05) is 0 Å². The van der Waals surface area contributed by atoms with Crippen molar-refractivity contribution in [2.75, 3.05) is 7.11 Å². The van der Waals surface area contributed by atoms with Gasteiger partial charge in [0.2, 0.25) is 5.56 Å². The molecule has 1 heterocycles. The van der Waals surface area contributed by atoms with Crippen LogP contribution < -0.4 is 5.56 Å². The van der Waals surface area contributed by atoms with Crippen molar-refractivity contribution in [2.24, 2.45) is 0 Å². The average Bonchev–Trinajstić information content (AvgIpc) is 2.22. The molecular weight excluding hydrogens is 224 g/mol. The number of carbonyl (C=O) groups excluding carboxylic acids is 1. The molecule has 0 bridgehead atoms. The van der Waals surface area contributed by atoms with Crippen LogP contribution in [0.1, 0.15) is 17.7 Å². The number of aromatic hydroxyl groups is 1. The molecular formula is C9H9F2NO4. The van der Waals surface area contributed by atoms with Crippen LogP contribution in [0, 0.1) is 0 Å². The molecule has 1 rings (SSSR count). The van der Waals surface area contributed by atoms with Gasteiger partial charge >= 0.3 is 5.97 Å². The summed E-state index contributed by atoms with van der Waals surface area (Å²) in [5, 5.41) is 9.37. The first-order valence-electron chi connectivity index (χ1n) is 4.25. The molecule has 0 aliphatic rings. The SMILES string of the molecule is COC(=O)Cc1cc(=O)[nH]c(C(F)F)c1O. The van der Waals surface area contributed by atoms with Gasteiger partial charge in [-0.25, -0.2) is 8.78 Å². The van der Waals surface area contributed by atoms with Crippen LogP contribution in [0.4, 0.5) is 8.78 Å². The lowest BCUT2D eigenvalue weighted by Gasteiger charge is -2.07. The van der Waals surface area contributed by atoms with Gasteiger partial charge in [0, 0.05) is 11.6 Å². The number of ether oxygens (including phenoxy) is 1. The first kappa shape index (κ1) is 12.2. The first-order chi connectivity index (χ1) is 7.45. The summed E-state index contributed by atoms with van der Waals surface area (Å²) in [6.45, 7) is 0. The highest BCUT2D eigenvalue weighted by Gasteiger charge is 2.19. The van der Waals surface area contributed by atoms with Crippen molar-refractivity contribution >= 4 is 5.97 Å². The van der Waals surface area contributed by atoms with Crippen LogP contribution in [0.25, 0.3) is 0 Å². The predicted octanol–water partition coefficient (Wildman–Crippen LogP) is 0.734. The van der Waals surface area contributed by atoms with E-state index >= 15 is 0 Å². The molecule has 16 heavy (non-hydrogen) atoms. The van der Waals surface area contributed by atoms with Crippen molar-refractivity contribution in [2.45, 2.75) is 12.8 Å². The number of pyridine rings is 1. The minimum Gasteiger partial charge on any atom is -0.506 e. The molecule has 0 unspecified atom stereocenters. The minimum absolute atomic E-state index is 0.189. The zero-order chi connectivity index (χ0) is 12.3. The maximum Gasteiger partial charge on any atom is 0.310 e. The Morgan fingerprint density at radius 1 is 1.62 bits per heavy atom. The van der Waals surface area contributed by atoms with Crippen molar-refractivity contribution < 1.29 is 23.4 Å². The van der Waals surface area contributed by atoms with Gasteiger partial charge in [-0.2, -0.15) is 0 Å². The summed E-state index contributed by atoms with van der Waals surface area (Å²) in [5.41, 5.74) is -1.90. The van der Waals surface area contributed by atoms with E-state index in [0.717, 1.165) is 13.2 Å². The zero-order valence-corrected chi connectivity index (χ0v) is 8.29. The van der Waals surface area contributed by atoms with Crippen molar-refractivity contribution in [1.82, 2.24) is 4.98 Å². The summed E-state index contributed by atoms with van der Waals surface area (Å²) >= 11 is 0. The van der Waals surface area contributed by atoms with Crippen LogP contribution in [-0.2, 0) is 16.0 Å². The Morgan fingerprint density at radius 3 is 2.75 bits per heavy atom. The van der Waals surface area contributed by atoms with Crippen molar-refractivity contribution in [3.63, 3.8) is 0 Å². The highest BCUT2D eigenvalue weighted by atomic mass is 19.3. The number of halogens is 2. The highest BCUT2D eigenvalue weighted by molar-refractivity contribution is 5.73. The molecule has 0 amide bonds. The van der Waals surface area contributed by atoms with E-state index in [9.17, 15) is 23.5 Å². The number of nitrogens with one attached hydrogen (secondary N) is 1. The van der Waals surface area contributed by atoms with Gasteiger partial charge in [-0.15, -0.1) is 0 Å². The zero-order valence-electron chi connectivity index (χ0n) is 8.29. The summed E-state index contributed by atoms with van der Waals surface area (Å²) in [6, 6.07) is 0.873. The molecule has 0 aromatic carbocycles. The second-order valence-corrected chi connectivity index (χ2v) is 2.97. The Bertz CT molecular complexity index is 455. The number of methoxy groups -OCH3 is 1. The van der Waals surface area contributed by atoms with Crippen LogP contribution >= 0.6 is 0 Å². The summed E-state index contributed by atoms with van der Waals surface area (Å²) in [6.07, 6.45) is -3.46. The fourth-order valence-electron chi connectivity index (χ4n) is 1.15. The third kappa shape index (κ3) is 2.56. The topological polar surface area (TPSA) is 79.4 Å². The van der Waals surface area contributed by atoms with E-state index in [1.807, 2.05) is 0 Å². The minimum atomic E-state index is -3.02. The number of aromatic nitrogens is 1. The van der Waals surface area contributed by atoms with Gasteiger partial charge < -0.3 is 14.8 Å². The van der Waals surface area contributed by atoms with E-state index in [1.165, 1.54) is 0 Å². The number of carbonyl (C=O) groups is 1. The largest absolute Gasteiger partial charge is 0.506 e. The quantitative estimate of drug-likeness (QED) is 0.754. The molecule has 0 atom stereocenters. The Hall–Kier alpha value is -1.92. The molecule has 0 fully saturated rings. The summed E-state index contributed by atoms with van der Waals surface area (Å²) in [7, 11) is 1.11.